The molecule has 0 aromatic heterocycles. The van der Waals surface area contributed by atoms with E-state index in [1.807, 2.05) is 20.8 Å². The minimum absolute atomic E-state index is 0.405. The van der Waals surface area contributed by atoms with Crippen LogP contribution in [0.5, 0.6) is 0 Å². The summed E-state index contributed by atoms with van der Waals surface area (Å²) in [6, 6.07) is -1.40. The predicted octanol–water partition coefficient (Wildman–Crippen LogP) is 3.35. The lowest BCUT2D eigenvalue weighted by molar-refractivity contribution is -0.148. The molecule has 9 nitrogen and oxygen atoms in total. The highest BCUT2D eigenvalue weighted by Crippen LogP contribution is 2.42. The highest BCUT2D eigenvalue weighted by Gasteiger charge is 2.58. The van der Waals surface area contributed by atoms with Gasteiger partial charge in [-0.05, 0) is 47.0 Å². The molecule has 3 fully saturated rings. The molecule has 1 aliphatic carbocycles. The Morgan fingerprint density at radius 3 is 2.39 bits per heavy atom. The molecule has 9 heteroatoms. The Morgan fingerprint density at radius 1 is 1.16 bits per heavy atom. The number of amides is 2. The van der Waals surface area contributed by atoms with Gasteiger partial charge in [0, 0.05) is 0 Å². The Kier molecular flexibility index (Phi) is 6.74. The summed E-state index contributed by atoms with van der Waals surface area (Å²) < 4.78 is 22.3. The fourth-order valence-corrected chi connectivity index (χ4v) is 4.98. The van der Waals surface area contributed by atoms with Gasteiger partial charge in [-0.2, -0.15) is 0 Å². The van der Waals surface area contributed by atoms with Gasteiger partial charge in [0.25, 0.3) is 0 Å². The van der Waals surface area contributed by atoms with Crippen molar-refractivity contribution in [3.05, 3.63) is 0 Å². The number of hydrogen-bond donors (Lipinski definition) is 1. The van der Waals surface area contributed by atoms with Crippen LogP contribution in [0.1, 0.15) is 73.1 Å². The molecule has 0 spiro atoms. The fraction of sp³-hybridized carbons (Fsp3) is 0.864. The summed E-state index contributed by atoms with van der Waals surface area (Å²) in [5, 5.41) is 2.51. The van der Waals surface area contributed by atoms with E-state index >= 15 is 0 Å². The number of nitrogens with one attached hydrogen (secondary N) is 1. The molecule has 0 radical (unpaired) electrons. The standard InChI is InChI=1S/C22H36N2O7/c1-21(2,3)31-20(27)24-14(12-13-10-8-7-9-11-13)16(30-22(24,4)5)17-15(18(25)28-6)23-19(26)29-17/h13-17H,7-12H2,1-6H3,(H,23,26)/t14-,15-,16+,17-/m0/s1. The summed E-state index contributed by atoms with van der Waals surface area (Å²) in [5.74, 6) is -0.185. The lowest BCUT2D eigenvalue weighted by Gasteiger charge is -2.37. The first-order chi connectivity index (χ1) is 14.4. The van der Waals surface area contributed by atoms with Crippen LogP contribution in [-0.2, 0) is 23.7 Å². The Balaban J connectivity index is 1.93. The van der Waals surface area contributed by atoms with Crippen molar-refractivity contribution in [2.75, 3.05) is 7.11 Å². The number of esters is 1. The van der Waals surface area contributed by atoms with E-state index in [4.69, 9.17) is 18.9 Å². The van der Waals surface area contributed by atoms with Crippen LogP contribution in [0, 0.1) is 5.92 Å². The molecule has 1 saturated carbocycles. The van der Waals surface area contributed by atoms with E-state index in [9.17, 15) is 14.4 Å². The smallest absolute Gasteiger partial charge is 0.412 e. The van der Waals surface area contributed by atoms with E-state index in [0.29, 0.717) is 12.3 Å². The average Bonchev–Trinajstić information content (AvgIpc) is 3.17. The zero-order valence-electron chi connectivity index (χ0n) is 19.4. The quantitative estimate of drug-likeness (QED) is 0.528. The lowest BCUT2D eigenvalue weighted by Crippen LogP contribution is -2.53. The molecule has 3 aliphatic rings. The van der Waals surface area contributed by atoms with E-state index in [1.54, 1.807) is 18.7 Å². The maximum absolute atomic E-state index is 13.2. The maximum Gasteiger partial charge on any atom is 0.412 e. The highest BCUT2D eigenvalue weighted by atomic mass is 16.6. The number of ether oxygens (including phenoxy) is 4. The molecule has 3 rings (SSSR count). The molecule has 4 atom stereocenters. The van der Waals surface area contributed by atoms with Crippen molar-refractivity contribution < 1.29 is 33.3 Å². The third kappa shape index (κ3) is 5.25. The van der Waals surface area contributed by atoms with Gasteiger partial charge >= 0.3 is 18.2 Å². The summed E-state index contributed by atoms with van der Waals surface area (Å²) in [4.78, 5) is 39.2. The summed E-state index contributed by atoms with van der Waals surface area (Å²) in [6.45, 7) is 9.04. The van der Waals surface area contributed by atoms with Gasteiger partial charge in [-0.1, -0.05) is 32.1 Å². The molecule has 0 unspecified atom stereocenters. The van der Waals surface area contributed by atoms with Crippen molar-refractivity contribution in [3.8, 4) is 0 Å². The van der Waals surface area contributed by atoms with Crippen LogP contribution in [0.15, 0.2) is 0 Å². The molecule has 176 valence electrons. The maximum atomic E-state index is 13.2. The first kappa shape index (κ1) is 23.6. The van der Waals surface area contributed by atoms with E-state index in [-0.39, 0.29) is 0 Å². The van der Waals surface area contributed by atoms with Gasteiger partial charge in [0.05, 0.1) is 13.2 Å². The van der Waals surface area contributed by atoms with E-state index in [0.717, 1.165) is 25.7 Å². The molecule has 2 saturated heterocycles. The van der Waals surface area contributed by atoms with Gasteiger partial charge in [-0.25, -0.2) is 14.4 Å². The van der Waals surface area contributed by atoms with Crippen LogP contribution in [0.25, 0.3) is 0 Å². The molecule has 1 N–H and O–H groups in total. The van der Waals surface area contributed by atoms with E-state index in [1.165, 1.54) is 13.5 Å². The SMILES string of the molecule is COC(=O)[C@H]1NC(=O)O[C@@H]1[C@@H]1OC(C)(C)N(C(=O)OC(C)(C)C)[C@H]1CC1CCCCC1. The van der Waals surface area contributed by atoms with Crippen molar-refractivity contribution in [2.45, 2.75) is 109 Å². The number of cyclic esters (lactones) is 1. The summed E-state index contributed by atoms with van der Waals surface area (Å²) >= 11 is 0. The predicted molar refractivity (Wildman–Crippen MR) is 111 cm³/mol. The Labute approximate surface area is 184 Å². The third-order valence-corrected chi connectivity index (χ3v) is 6.23. The number of hydrogen-bond acceptors (Lipinski definition) is 7. The number of methoxy groups -OCH3 is 1. The molecule has 0 aromatic rings. The molecule has 31 heavy (non-hydrogen) atoms. The van der Waals surface area contributed by atoms with E-state index < -0.39 is 53.8 Å². The van der Waals surface area contributed by atoms with Crippen molar-refractivity contribution in [2.24, 2.45) is 5.92 Å². The van der Waals surface area contributed by atoms with Crippen LogP contribution >= 0.6 is 0 Å². The van der Waals surface area contributed by atoms with Crippen molar-refractivity contribution in [1.29, 1.82) is 0 Å². The Hall–Kier alpha value is -2.03. The minimum atomic E-state index is -0.998. The normalized spacial score (nSPS) is 31.2. The molecule has 0 aromatic carbocycles. The van der Waals surface area contributed by atoms with Crippen molar-refractivity contribution in [3.63, 3.8) is 0 Å². The number of rotatable bonds is 4. The van der Waals surface area contributed by atoms with Crippen LogP contribution in [0.2, 0.25) is 0 Å². The molecule has 0 bridgehead atoms. The number of carbonyl (C=O) groups excluding carboxylic acids is 3. The largest absolute Gasteiger partial charge is 0.467 e. The van der Waals surface area contributed by atoms with Crippen LogP contribution in [0.3, 0.4) is 0 Å². The summed E-state index contributed by atoms with van der Waals surface area (Å²) in [7, 11) is 1.26. The fourth-order valence-electron chi connectivity index (χ4n) is 4.98. The van der Waals surface area contributed by atoms with Gasteiger partial charge in [-0.15, -0.1) is 0 Å². The van der Waals surface area contributed by atoms with E-state index in [2.05, 4.69) is 5.32 Å². The second-order valence-corrected chi connectivity index (χ2v) is 10.2. The first-order valence-electron chi connectivity index (χ1n) is 11.2. The monoisotopic (exact) mass is 440 g/mol. The van der Waals surface area contributed by atoms with Crippen LogP contribution < -0.4 is 5.32 Å². The molecular weight excluding hydrogens is 404 g/mol. The van der Waals surface area contributed by atoms with Gasteiger partial charge in [0.2, 0.25) is 0 Å². The second-order valence-electron chi connectivity index (χ2n) is 10.2. The molecule has 2 amide bonds. The number of alkyl carbamates (subject to hydrolysis) is 1. The Morgan fingerprint density at radius 2 is 1.81 bits per heavy atom. The van der Waals surface area contributed by atoms with Crippen molar-refractivity contribution >= 4 is 18.2 Å². The highest BCUT2D eigenvalue weighted by molar-refractivity contribution is 5.85. The zero-order chi connectivity index (χ0) is 23.0. The Bertz CT molecular complexity index is 696. The summed E-state index contributed by atoms with van der Waals surface area (Å²) in [5.41, 5.74) is -1.67. The van der Waals surface area contributed by atoms with Crippen LogP contribution in [-0.4, -0.2) is 65.8 Å². The number of carbonyl (C=O) groups is 3. The number of nitrogens with zero attached hydrogens (tertiary/aromatic N) is 1. The zero-order valence-corrected chi connectivity index (χ0v) is 19.4. The average molecular weight is 441 g/mol. The lowest BCUT2D eigenvalue weighted by atomic mass is 9.82. The van der Waals surface area contributed by atoms with Gasteiger partial charge < -0.3 is 24.3 Å². The second kappa shape index (κ2) is 8.84. The minimum Gasteiger partial charge on any atom is -0.467 e. The third-order valence-electron chi connectivity index (χ3n) is 6.23. The van der Waals surface area contributed by atoms with Crippen LogP contribution in [0.4, 0.5) is 9.59 Å². The first-order valence-corrected chi connectivity index (χ1v) is 11.2. The molecular formula is C22H36N2O7. The summed E-state index contributed by atoms with van der Waals surface area (Å²) in [6.07, 6.45) is 3.61. The topological polar surface area (TPSA) is 103 Å². The van der Waals surface area contributed by atoms with Gasteiger partial charge in [0.15, 0.2) is 12.1 Å². The molecule has 2 heterocycles. The van der Waals surface area contributed by atoms with Gasteiger partial charge in [-0.3, -0.25) is 4.90 Å². The van der Waals surface area contributed by atoms with Crippen molar-refractivity contribution in [1.82, 2.24) is 10.2 Å². The molecule has 2 aliphatic heterocycles. The van der Waals surface area contributed by atoms with Gasteiger partial charge in [0.1, 0.15) is 17.4 Å².